The van der Waals surface area contributed by atoms with E-state index in [1.807, 2.05) is 0 Å². The summed E-state index contributed by atoms with van der Waals surface area (Å²) < 4.78 is 5.55. The number of aromatic carboxylic acids is 1. The molecular weight excluding hydrogens is 244 g/mol. The molecule has 0 saturated carbocycles. The van der Waals surface area contributed by atoms with Crippen LogP contribution in [0.2, 0.25) is 0 Å². The van der Waals surface area contributed by atoms with Gasteiger partial charge in [0.2, 0.25) is 11.8 Å². The van der Waals surface area contributed by atoms with Crippen LogP contribution in [-0.4, -0.2) is 21.3 Å². The monoisotopic (exact) mass is 260 g/mol. The molecule has 19 heavy (non-hydrogen) atoms. The minimum absolute atomic E-state index is 0.239. The number of aromatic nitrogens is 2. The molecule has 0 amide bonds. The largest absolute Gasteiger partial charge is 0.478 e. The smallest absolute Gasteiger partial charge is 0.335 e. The van der Waals surface area contributed by atoms with E-state index in [1.165, 1.54) is 12.1 Å². The second kappa shape index (κ2) is 5.65. The van der Waals surface area contributed by atoms with Crippen LogP contribution in [0.25, 0.3) is 11.5 Å². The molecule has 0 saturated heterocycles. The van der Waals surface area contributed by atoms with E-state index < -0.39 is 5.97 Å². The quantitative estimate of drug-likeness (QED) is 0.894. The first-order chi connectivity index (χ1) is 9.06. The lowest BCUT2D eigenvalue weighted by Crippen LogP contribution is -1.94. The van der Waals surface area contributed by atoms with Gasteiger partial charge in [-0.15, -0.1) is 10.2 Å². The number of carboxylic acids is 1. The third-order valence-corrected chi connectivity index (χ3v) is 2.78. The number of carbonyl (C=O) groups is 1. The molecule has 0 bridgehead atoms. The highest BCUT2D eigenvalue weighted by atomic mass is 16.4. The van der Waals surface area contributed by atoms with Crippen LogP contribution in [0.15, 0.2) is 28.7 Å². The number of nitrogens with zero attached hydrogens (tertiary/aromatic N) is 2. The maximum atomic E-state index is 10.8. The summed E-state index contributed by atoms with van der Waals surface area (Å²) in [6, 6.07) is 6.39. The summed E-state index contributed by atoms with van der Waals surface area (Å²) in [5.74, 6) is 0.682. The fraction of sp³-hybridized carbons (Fsp3) is 0.357. The summed E-state index contributed by atoms with van der Waals surface area (Å²) >= 11 is 0. The second-order valence-electron chi connectivity index (χ2n) is 4.82. The maximum absolute atomic E-state index is 10.8. The van der Waals surface area contributed by atoms with Crippen molar-refractivity contribution in [1.29, 1.82) is 0 Å². The fourth-order valence-electron chi connectivity index (χ4n) is 1.64. The molecule has 0 aliphatic carbocycles. The van der Waals surface area contributed by atoms with Gasteiger partial charge in [0.25, 0.3) is 0 Å². The van der Waals surface area contributed by atoms with Crippen LogP contribution in [0.1, 0.15) is 36.5 Å². The molecule has 1 N–H and O–H groups in total. The lowest BCUT2D eigenvalue weighted by atomic mass is 10.1. The Morgan fingerprint density at radius 3 is 2.53 bits per heavy atom. The second-order valence-corrected chi connectivity index (χ2v) is 4.82. The molecule has 1 heterocycles. The predicted octanol–water partition coefficient (Wildman–Crippen LogP) is 3.02. The summed E-state index contributed by atoms with van der Waals surface area (Å²) in [5.41, 5.74) is 0.969. The van der Waals surface area contributed by atoms with Crippen molar-refractivity contribution in [2.24, 2.45) is 5.92 Å². The van der Waals surface area contributed by atoms with Gasteiger partial charge in [0.1, 0.15) is 0 Å². The fourth-order valence-corrected chi connectivity index (χ4v) is 1.64. The third-order valence-electron chi connectivity index (χ3n) is 2.78. The van der Waals surface area contributed by atoms with E-state index >= 15 is 0 Å². The van der Waals surface area contributed by atoms with Crippen molar-refractivity contribution in [2.75, 3.05) is 0 Å². The molecule has 2 rings (SSSR count). The molecule has 0 unspecified atom stereocenters. The first-order valence-electron chi connectivity index (χ1n) is 6.22. The van der Waals surface area contributed by atoms with Crippen LogP contribution in [0.4, 0.5) is 0 Å². The summed E-state index contributed by atoms with van der Waals surface area (Å²) in [5, 5.41) is 16.8. The normalized spacial score (nSPS) is 10.9. The molecule has 0 atom stereocenters. The first kappa shape index (κ1) is 13.3. The highest BCUT2D eigenvalue weighted by molar-refractivity contribution is 5.88. The van der Waals surface area contributed by atoms with Crippen LogP contribution in [0.5, 0.6) is 0 Å². The molecule has 0 spiro atoms. The number of benzene rings is 1. The topological polar surface area (TPSA) is 76.2 Å². The van der Waals surface area contributed by atoms with Gasteiger partial charge in [0.15, 0.2) is 0 Å². The molecule has 100 valence electrons. The molecule has 0 aliphatic rings. The van der Waals surface area contributed by atoms with Gasteiger partial charge < -0.3 is 9.52 Å². The number of hydrogen-bond donors (Lipinski definition) is 1. The Labute approximate surface area is 111 Å². The highest BCUT2D eigenvalue weighted by Gasteiger charge is 2.10. The predicted molar refractivity (Wildman–Crippen MR) is 69.9 cm³/mol. The minimum Gasteiger partial charge on any atom is -0.478 e. The van der Waals surface area contributed by atoms with Crippen LogP contribution >= 0.6 is 0 Å². The van der Waals surface area contributed by atoms with Crippen molar-refractivity contribution >= 4 is 5.97 Å². The van der Waals surface area contributed by atoms with Crippen molar-refractivity contribution in [1.82, 2.24) is 10.2 Å². The molecule has 0 radical (unpaired) electrons. The van der Waals surface area contributed by atoms with Crippen LogP contribution in [0.3, 0.4) is 0 Å². The van der Waals surface area contributed by atoms with Gasteiger partial charge in [0.05, 0.1) is 5.56 Å². The van der Waals surface area contributed by atoms with Crippen molar-refractivity contribution in [3.8, 4) is 11.5 Å². The average molecular weight is 260 g/mol. The zero-order valence-corrected chi connectivity index (χ0v) is 11.0. The van der Waals surface area contributed by atoms with Crippen LogP contribution in [0, 0.1) is 5.92 Å². The Morgan fingerprint density at radius 1 is 1.26 bits per heavy atom. The highest BCUT2D eigenvalue weighted by Crippen LogP contribution is 2.19. The van der Waals surface area contributed by atoms with Gasteiger partial charge in [-0.2, -0.15) is 0 Å². The average Bonchev–Trinajstić information content (AvgIpc) is 2.85. The SMILES string of the molecule is CC(C)CCc1nnc(-c2ccc(C(=O)O)cc2)o1. The lowest BCUT2D eigenvalue weighted by molar-refractivity contribution is 0.0697. The Hall–Kier alpha value is -2.17. The van der Waals surface area contributed by atoms with Crippen LogP contribution < -0.4 is 0 Å². The molecule has 5 heteroatoms. The first-order valence-corrected chi connectivity index (χ1v) is 6.22. The number of carboxylic acid groups (broad SMARTS) is 1. The Bertz CT molecular complexity index is 558. The van der Waals surface area contributed by atoms with E-state index in [1.54, 1.807) is 12.1 Å². The van der Waals surface area contributed by atoms with E-state index in [9.17, 15) is 4.79 Å². The Kier molecular flexibility index (Phi) is 3.94. The molecule has 5 nitrogen and oxygen atoms in total. The standard InChI is InChI=1S/C14H16N2O3/c1-9(2)3-8-12-15-16-13(19-12)10-4-6-11(7-5-10)14(17)18/h4-7,9H,3,8H2,1-2H3,(H,17,18). The van der Waals surface area contributed by atoms with Crippen molar-refractivity contribution in [3.63, 3.8) is 0 Å². The molecule has 1 aromatic carbocycles. The number of aryl methyl sites for hydroxylation is 1. The molecular formula is C14H16N2O3. The van der Waals surface area contributed by atoms with Crippen LogP contribution in [-0.2, 0) is 6.42 Å². The summed E-state index contributed by atoms with van der Waals surface area (Å²) in [7, 11) is 0. The molecule has 0 fully saturated rings. The van der Waals surface area contributed by atoms with Crippen molar-refractivity contribution in [3.05, 3.63) is 35.7 Å². The third kappa shape index (κ3) is 3.40. The zero-order valence-electron chi connectivity index (χ0n) is 11.0. The number of rotatable bonds is 5. The maximum Gasteiger partial charge on any atom is 0.335 e. The Morgan fingerprint density at radius 2 is 1.95 bits per heavy atom. The van der Waals surface area contributed by atoms with Crippen molar-refractivity contribution in [2.45, 2.75) is 26.7 Å². The van der Waals surface area contributed by atoms with Gasteiger partial charge in [0, 0.05) is 12.0 Å². The van der Waals surface area contributed by atoms with Gasteiger partial charge in [-0.1, -0.05) is 13.8 Å². The van der Waals surface area contributed by atoms with Gasteiger partial charge in [-0.25, -0.2) is 4.79 Å². The van der Waals surface area contributed by atoms with E-state index in [-0.39, 0.29) is 5.56 Å². The molecule has 2 aromatic rings. The summed E-state index contributed by atoms with van der Waals surface area (Å²) in [6.45, 7) is 4.28. The summed E-state index contributed by atoms with van der Waals surface area (Å²) in [4.78, 5) is 10.8. The minimum atomic E-state index is -0.949. The van der Waals surface area contributed by atoms with E-state index in [0.717, 1.165) is 18.4 Å². The van der Waals surface area contributed by atoms with Gasteiger partial charge in [-0.3, -0.25) is 0 Å². The molecule has 1 aromatic heterocycles. The summed E-state index contributed by atoms with van der Waals surface area (Å²) in [6.07, 6.45) is 1.76. The lowest BCUT2D eigenvalue weighted by Gasteiger charge is -1.99. The zero-order chi connectivity index (χ0) is 13.8. The van der Waals surface area contributed by atoms with Gasteiger partial charge in [-0.05, 0) is 36.6 Å². The van der Waals surface area contributed by atoms with E-state index in [0.29, 0.717) is 17.7 Å². The van der Waals surface area contributed by atoms with E-state index in [4.69, 9.17) is 9.52 Å². The Balaban J connectivity index is 2.11. The van der Waals surface area contributed by atoms with E-state index in [2.05, 4.69) is 24.0 Å². The van der Waals surface area contributed by atoms with Crippen molar-refractivity contribution < 1.29 is 14.3 Å². The van der Waals surface area contributed by atoms with Gasteiger partial charge >= 0.3 is 5.97 Å². The molecule has 0 aliphatic heterocycles. The number of hydrogen-bond acceptors (Lipinski definition) is 4.